The summed E-state index contributed by atoms with van der Waals surface area (Å²) in [5.74, 6) is -1.78. The van der Waals surface area contributed by atoms with Gasteiger partial charge >= 0.3 is 0 Å². The molecule has 0 saturated heterocycles. The first-order chi connectivity index (χ1) is 9.88. The van der Waals surface area contributed by atoms with Gasteiger partial charge in [0.1, 0.15) is 17.3 Å². The fourth-order valence-electron chi connectivity index (χ4n) is 1.57. The van der Waals surface area contributed by atoms with Crippen LogP contribution in [0.5, 0.6) is 0 Å². The topological polar surface area (TPSA) is 111 Å². The second kappa shape index (κ2) is 5.71. The van der Waals surface area contributed by atoms with Gasteiger partial charge in [0.25, 0.3) is 11.6 Å². The first-order valence-electron chi connectivity index (χ1n) is 5.55. The van der Waals surface area contributed by atoms with Gasteiger partial charge in [-0.2, -0.15) is 0 Å². The number of rotatable bonds is 3. The third kappa shape index (κ3) is 3.23. The van der Waals surface area contributed by atoms with Crippen LogP contribution in [0.3, 0.4) is 0 Å². The molecule has 0 spiro atoms. The lowest BCUT2D eigenvalue weighted by molar-refractivity contribution is -0.384. The molecule has 108 valence electrons. The van der Waals surface area contributed by atoms with Gasteiger partial charge < -0.3 is 11.1 Å². The van der Waals surface area contributed by atoms with E-state index in [1.165, 1.54) is 18.3 Å². The third-order valence-electron chi connectivity index (χ3n) is 2.52. The Kier molecular flexibility index (Phi) is 3.99. The SMILES string of the molecule is Nc1cc(F)c(C(=O)Nc2cc(Cl)ccn2)cc1[N+](=O)[O-]. The minimum atomic E-state index is -0.974. The molecule has 1 amide bonds. The van der Waals surface area contributed by atoms with Gasteiger partial charge in [-0.1, -0.05) is 11.6 Å². The Bertz CT molecular complexity index is 738. The van der Waals surface area contributed by atoms with Gasteiger partial charge in [-0.3, -0.25) is 14.9 Å². The Morgan fingerprint density at radius 1 is 1.43 bits per heavy atom. The zero-order valence-electron chi connectivity index (χ0n) is 10.3. The number of nitrogens with zero attached hydrogens (tertiary/aromatic N) is 2. The minimum Gasteiger partial charge on any atom is -0.393 e. The number of aromatic nitrogens is 1. The van der Waals surface area contributed by atoms with Crippen LogP contribution in [0.2, 0.25) is 5.02 Å². The van der Waals surface area contributed by atoms with Gasteiger partial charge in [0.2, 0.25) is 0 Å². The summed E-state index contributed by atoms with van der Waals surface area (Å²) in [5, 5.41) is 13.4. The van der Waals surface area contributed by atoms with Crippen LogP contribution in [-0.2, 0) is 0 Å². The second-order valence-corrected chi connectivity index (χ2v) is 4.40. The van der Waals surface area contributed by atoms with E-state index in [2.05, 4.69) is 10.3 Å². The fraction of sp³-hybridized carbons (Fsp3) is 0. The number of hydrogen-bond donors (Lipinski definition) is 2. The van der Waals surface area contributed by atoms with E-state index in [1.54, 1.807) is 0 Å². The van der Waals surface area contributed by atoms with Crippen molar-refractivity contribution in [2.75, 3.05) is 11.1 Å². The van der Waals surface area contributed by atoms with Crippen LogP contribution in [-0.4, -0.2) is 15.8 Å². The van der Waals surface area contributed by atoms with Crippen molar-refractivity contribution in [2.45, 2.75) is 0 Å². The molecule has 0 aliphatic rings. The molecule has 1 aromatic heterocycles. The Morgan fingerprint density at radius 2 is 2.14 bits per heavy atom. The van der Waals surface area contributed by atoms with Crippen molar-refractivity contribution in [1.29, 1.82) is 0 Å². The Balaban J connectivity index is 2.35. The van der Waals surface area contributed by atoms with E-state index in [-0.39, 0.29) is 11.5 Å². The maximum Gasteiger partial charge on any atom is 0.293 e. The number of halogens is 2. The monoisotopic (exact) mass is 310 g/mol. The molecule has 7 nitrogen and oxygen atoms in total. The first-order valence-corrected chi connectivity index (χ1v) is 5.92. The van der Waals surface area contributed by atoms with Gasteiger partial charge in [-0.05, 0) is 12.1 Å². The molecule has 0 fully saturated rings. The summed E-state index contributed by atoms with van der Waals surface area (Å²) in [6, 6.07) is 4.33. The normalized spacial score (nSPS) is 10.2. The van der Waals surface area contributed by atoms with E-state index >= 15 is 0 Å². The summed E-state index contributed by atoms with van der Waals surface area (Å²) in [4.78, 5) is 25.7. The van der Waals surface area contributed by atoms with Gasteiger partial charge in [-0.25, -0.2) is 9.37 Å². The van der Waals surface area contributed by atoms with E-state index in [4.69, 9.17) is 17.3 Å². The number of nitro groups is 1. The number of carbonyl (C=O) groups excluding carboxylic acids is 1. The summed E-state index contributed by atoms with van der Waals surface area (Å²) in [5.41, 5.74) is 3.88. The highest BCUT2D eigenvalue weighted by atomic mass is 35.5. The highest BCUT2D eigenvalue weighted by molar-refractivity contribution is 6.30. The van der Waals surface area contributed by atoms with Crippen molar-refractivity contribution in [3.05, 3.63) is 57.0 Å². The number of nitrogens with one attached hydrogen (secondary N) is 1. The zero-order chi connectivity index (χ0) is 15.6. The van der Waals surface area contributed by atoms with Crippen molar-refractivity contribution in [1.82, 2.24) is 4.98 Å². The van der Waals surface area contributed by atoms with Crippen LogP contribution in [0.4, 0.5) is 21.6 Å². The van der Waals surface area contributed by atoms with Crippen LogP contribution in [0.15, 0.2) is 30.5 Å². The largest absolute Gasteiger partial charge is 0.393 e. The molecule has 3 N–H and O–H groups in total. The van der Waals surface area contributed by atoms with E-state index in [0.29, 0.717) is 5.02 Å². The highest BCUT2D eigenvalue weighted by Crippen LogP contribution is 2.25. The molecule has 2 aromatic rings. The maximum absolute atomic E-state index is 13.7. The molecule has 0 bridgehead atoms. The fourth-order valence-corrected chi connectivity index (χ4v) is 1.73. The van der Waals surface area contributed by atoms with Crippen molar-refractivity contribution in [3.63, 3.8) is 0 Å². The van der Waals surface area contributed by atoms with Crippen LogP contribution < -0.4 is 11.1 Å². The number of carbonyl (C=O) groups is 1. The average Bonchev–Trinajstić information content (AvgIpc) is 2.37. The molecule has 1 heterocycles. The lowest BCUT2D eigenvalue weighted by Crippen LogP contribution is -2.15. The Labute approximate surface area is 122 Å². The molecule has 0 unspecified atom stereocenters. The van der Waals surface area contributed by atoms with Gasteiger partial charge in [0, 0.05) is 23.4 Å². The predicted octanol–water partition coefficient (Wildman–Crippen LogP) is 2.62. The lowest BCUT2D eigenvalue weighted by atomic mass is 10.1. The highest BCUT2D eigenvalue weighted by Gasteiger charge is 2.21. The van der Waals surface area contributed by atoms with E-state index in [1.807, 2.05) is 0 Å². The lowest BCUT2D eigenvalue weighted by Gasteiger charge is -2.06. The number of amides is 1. The van der Waals surface area contributed by atoms with E-state index in [0.717, 1.165) is 12.1 Å². The average molecular weight is 311 g/mol. The van der Waals surface area contributed by atoms with E-state index in [9.17, 15) is 19.3 Å². The molecular formula is C12H8ClFN4O3. The summed E-state index contributed by atoms with van der Waals surface area (Å²) in [6.07, 6.45) is 1.35. The molecule has 2 rings (SSSR count). The molecular weight excluding hydrogens is 303 g/mol. The number of nitro benzene ring substituents is 1. The van der Waals surface area contributed by atoms with Gasteiger partial charge in [0.15, 0.2) is 0 Å². The molecule has 0 radical (unpaired) electrons. The molecule has 9 heteroatoms. The second-order valence-electron chi connectivity index (χ2n) is 3.96. The standard InChI is InChI=1S/C12H8ClFN4O3/c13-6-1-2-16-11(3-6)17-12(19)7-4-10(18(20)21)9(15)5-8(7)14/h1-5H,15H2,(H,16,17,19). The number of pyridine rings is 1. The van der Waals surface area contributed by atoms with Gasteiger partial charge in [0.05, 0.1) is 10.5 Å². The third-order valence-corrected chi connectivity index (χ3v) is 2.76. The van der Waals surface area contributed by atoms with Crippen LogP contribution >= 0.6 is 11.6 Å². The number of benzene rings is 1. The quantitative estimate of drug-likeness (QED) is 0.514. The zero-order valence-corrected chi connectivity index (χ0v) is 11.1. The molecule has 0 atom stereocenters. The smallest absolute Gasteiger partial charge is 0.293 e. The van der Waals surface area contributed by atoms with Crippen molar-refractivity contribution >= 4 is 34.7 Å². The van der Waals surface area contributed by atoms with E-state index < -0.39 is 27.9 Å². The Hall–Kier alpha value is -2.74. The maximum atomic E-state index is 13.7. The van der Waals surface area contributed by atoms with Crippen molar-refractivity contribution in [2.24, 2.45) is 0 Å². The number of anilines is 2. The molecule has 21 heavy (non-hydrogen) atoms. The summed E-state index contributed by atoms with van der Waals surface area (Å²) in [6.45, 7) is 0. The summed E-state index contributed by atoms with van der Waals surface area (Å²) >= 11 is 5.72. The summed E-state index contributed by atoms with van der Waals surface area (Å²) < 4.78 is 13.7. The van der Waals surface area contributed by atoms with Gasteiger partial charge in [-0.15, -0.1) is 0 Å². The number of hydrogen-bond acceptors (Lipinski definition) is 5. The first kappa shape index (κ1) is 14.7. The van der Waals surface area contributed by atoms with Crippen LogP contribution in [0.1, 0.15) is 10.4 Å². The predicted molar refractivity (Wildman–Crippen MR) is 74.7 cm³/mol. The minimum absolute atomic E-state index is 0.0892. The Morgan fingerprint density at radius 3 is 2.76 bits per heavy atom. The van der Waals surface area contributed by atoms with Crippen molar-refractivity contribution < 1.29 is 14.1 Å². The molecule has 0 saturated carbocycles. The van der Waals surface area contributed by atoms with Crippen LogP contribution in [0, 0.1) is 15.9 Å². The molecule has 1 aromatic carbocycles. The number of nitrogens with two attached hydrogens (primary N) is 1. The summed E-state index contributed by atoms with van der Waals surface area (Å²) in [7, 11) is 0. The van der Waals surface area contributed by atoms with Crippen LogP contribution in [0.25, 0.3) is 0 Å². The number of nitrogen functional groups attached to an aromatic ring is 1. The van der Waals surface area contributed by atoms with Crippen molar-refractivity contribution in [3.8, 4) is 0 Å². The molecule has 0 aliphatic heterocycles. The molecule has 0 aliphatic carbocycles.